The van der Waals surface area contributed by atoms with Crippen LogP contribution in [0.1, 0.15) is 19.8 Å². The summed E-state index contributed by atoms with van der Waals surface area (Å²) in [6.45, 7) is 1.35. The van der Waals surface area contributed by atoms with E-state index >= 15 is 0 Å². The molecule has 12 heavy (non-hydrogen) atoms. The van der Waals surface area contributed by atoms with Gasteiger partial charge in [-0.3, -0.25) is 20.4 Å². The molecule has 2 N–H and O–H groups in total. The molecule has 0 saturated heterocycles. The van der Waals surface area contributed by atoms with E-state index < -0.39 is 0 Å². The van der Waals surface area contributed by atoms with E-state index in [1.54, 1.807) is 0 Å². The third kappa shape index (κ3) is 2.38. The summed E-state index contributed by atoms with van der Waals surface area (Å²) < 4.78 is 0. The van der Waals surface area contributed by atoms with Gasteiger partial charge >= 0.3 is 0 Å². The smallest absolute Gasteiger partial charge is 0.242 e. The third-order valence-electron chi connectivity index (χ3n) is 1.74. The van der Waals surface area contributed by atoms with E-state index in [-0.39, 0.29) is 17.7 Å². The van der Waals surface area contributed by atoms with Crippen molar-refractivity contribution in [1.82, 2.24) is 10.9 Å². The summed E-state index contributed by atoms with van der Waals surface area (Å²) in [5, 5.41) is 0. The summed E-state index contributed by atoms with van der Waals surface area (Å²) in [4.78, 5) is 21.6. The molecule has 0 aromatic rings. The second-order valence-electron chi connectivity index (χ2n) is 2.81. The first-order valence-electron chi connectivity index (χ1n) is 3.91. The Bertz CT molecular complexity index is 215. The second kappa shape index (κ2) is 3.90. The molecule has 0 aromatic heterocycles. The number of allylic oxidation sites excluding steroid dienone is 2. The number of hydrogen-bond donors (Lipinski definition) is 2. The summed E-state index contributed by atoms with van der Waals surface area (Å²) in [7, 11) is 0. The molecule has 4 nitrogen and oxygen atoms in total. The van der Waals surface area contributed by atoms with Gasteiger partial charge in [0.1, 0.15) is 0 Å². The fraction of sp³-hybridized carbons (Fsp3) is 0.500. The van der Waals surface area contributed by atoms with Crippen LogP contribution in [-0.4, -0.2) is 11.8 Å². The molecule has 2 amide bonds. The van der Waals surface area contributed by atoms with Crippen LogP contribution in [0.5, 0.6) is 0 Å². The van der Waals surface area contributed by atoms with Gasteiger partial charge in [0.05, 0.1) is 0 Å². The first-order valence-corrected chi connectivity index (χ1v) is 3.91. The molecule has 66 valence electrons. The van der Waals surface area contributed by atoms with E-state index in [4.69, 9.17) is 0 Å². The van der Waals surface area contributed by atoms with Crippen molar-refractivity contribution >= 4 is 11.8 Å². The number of carbonyl (C=O) groups is 2. The molecule has 0 saturated carbocycles. The maximum absolute atomic E-state index is 11.2. The van der Waals surface area contributed by atoms with Crippen LogP contribution in [0.25, 0.3) is 0 Å². The molecule has 0 aromatic carbocycles. The summed E-state index contributed by atoms with van der Waals surface area (Å²) in [5.41, 5.74) is 4.60. The zero-order valence-electron chi connectivity index (χ0n) is 6.96. The van der Waals surface area contributed by atoms with Crippen LogP contribution >= 0.6 is 0 Å². The molecule has 4 heteroatoms. The van der Waals surface area contributed by atoms with Crippen molar-refractivity contribution in [3.8, 4) is 0 Å². The molecular weight excluding hydrogens is 156 g/mol. The van der Waals surface area contributed by atoms with Gasteiger partial charge in [0.15, 0.2) is 0 Å². The average molecular weight is 168 g/mol. The topological polar surface area (TPSA) is 58.2 Å². The predicted octanol–water partition coefficient (Wildman–Crippen LogP) is 0.120. The van der Waals surface area contributed by atoms with Gasteiger partial charge in [0, 0.05) is 12.8 Å². The number of nitrogens with one attached hydrogen (secondary N) is 2. The zero-order valence-corrected chi connectivity index (χ0v) is 6.96. The molecule has 0 aliphatic heterocycles. The average Bonchev–Trinajstić information content (AvgIpc) is 2.51. The third-order valence-corrected chi connectivity index (χ3v) is 1.74. The van der Waals surface area contributed by atoms with Gasteiger partial charge < -0.3 is 0 Å². The number of rotatable bonds is 1. The SMILES string of the molecule is CC(=O)NNC(=O)C1CC=CC1. The number of amides is 2. The Kier molecular flexibility index (Phi) is 2.85. The van der Waals surface area contributed by atoms with Gasteiger partial charge in [-0.05, 0) is 12.8 Å². The molecular formula is C8H12N2O2. The standard InChI is InChI=1S/C8H12N2O2/c1-6(11)9-10-8(12)7-4-2-3-5-7/h2-3,7H,4-5H2,1H3,(H,9,11)(H,10,12). The van der Waals surface area contributed by atoms with E-state index in [1.807, 2.05) is 12.2 Å². The van der Waals surface area contributed by atoms with Crippen LogP contribution < -0.4 is 10.9 Å². The lowest BCUT2D eigenvalue weighted by Gasteiger charge is -2.09. The maximum atomic E-state index is 11.2. The molecule has 1 aliphatic carbocycles. The number of hydrazine groups is 1. The molecule has 0 atom stereocenters. The van der Waals surface area contributed by atoms with Gasteiger partial charge in [-0.1, -0.05) is 12.2 Å². The Hall–Kier alpha value is -1.32. The highest BCUT2D eigenvalue weighted by Crippen LogP contribution is 2.16. The van der Waals surface area contributed by atoms with Crippen LogP contribution in [0.4, 0.5) is 0 Å². The van der Waals surface area contributed by atoms with Crippen LogP contribution in [0.3, 0.4) is 0 Å². The molecule has 0 radical (unpaired) electrons. The molecule has 1 rings (SSSR count). The van der Waals surface area contributed by atoms with Crippen molar-refractivity contribution in [2.75, 3.05) is 0 Å². The highest BCUT2D eigenvalue weighted by atomic mass is 16.2. The van der Waals surface area contributed by atoms with Crippen molar-refractivity contribution in [1.29, 1.82) is 0 Å². The van der Waals surface area contributed by atoms with Crippen molar-refractivity contribution in [3.63, 3.8) is 0 Å². The molecule has 0 bridgehead atoms. The summed E-state index contributed by atoms with van der Waals surface area (Å²) in [6, 6.07) is 0. The summed E-state index contributed by atoms with van der Waals surface area (Å²) in [5.74, 6) is -0.374. The fourth-order valence-corrected chi connectivity index (χ4v) is 1.08. The quantitative estimate of drug-likeness (QED) is 0.431. The fourth-order valence-electron chi connectivity index (χ4n) is 1.08. The first-order chi connectivity index (χ1) is 5.70. The van der Waals surface area contributed by atoms with Crippen LogP contribution in [0.15, 0.2) is 12.2 Å². The predicted molar refractivity (Wildman–Crippen MR) is 43.8 cm³/mol. The highest BCUT2D eigenvalue weighted by Gasteiger charge is 2.18. The molecule has 1 aliphatic rings. The minimum atomic E-state index is -0.255. The lowest BCUT2D eigenvalue weighted by atomic mass is 10.1. The number of carbonyl (C=O) groups excluding carboxylic acids is 2. The van der Waals surface area contributed by atoms with Gasteiger partial charge in [-0.15, -0.1) is 0 Å². The maximum Gasteiger partial charge on any atom is 0.242 e. The summed E-state index contributed by atoms with van der Waals surface area (Å²) in [6.07, 6.45) is 5.48. The Labute approximate surface area is 71.0 Å². The van der Waals surface area contributed by atoms with E-state index in [1.165, 1.54) is 6.92 Å². The Balaban J connectivity index is 2.24. The largest absolute Gasteiger partial charge is 0.274 e. The lowest BCUT2D eigenvalue weighted by molar-refractivity contribution is -0.130. The van der Waals surface area contributed by atoms with E-state index in [0.29, 0.717) is 0 Å². The van der Waals surface area contributed by atoms with Crippen molar-refractivity contribution in [2.45, 2.75) is 19.8 Å². The normalized spacial score (nSPS) is 16.1. The molecule has 0 unspecified atom stereocenters. The second-order valence-corrected chi connectivity index (χ2v) is 2.81. The van der Waals surface area contributed by atoms with Gasteiger partial charge in [-0.2, -0.15) is 0 Å². The molecule has 0 fully saturated rings. The molecule has 0 spiro atoms. The Morgan fingerprint density at radius 2 is 1.83 bits per heavy atom. The van der Waals surface area contributed by atoms with Gasteiger partial charge in [0.2, 0.25) is 11.8 Å². The van der Waals surface area contributed by atoms with Gasteiger partial charge in [-0.25, -0.2) is 0 Å². The monoisotopic (exact) mass is 168 g/mol. The molecule has 0 heterocycles. The van der Waals surface area contributed by atoms with Crippen molar-refractivity contribution < 1.29 is 9.59 Å². The Morgan fingerprint density at radius 1 is 1.25 bits per heavy atom. The van der Waals surface area contributed by atoms with E-state index in [0.717, 1.165) is 12.8 Å². The van der Waals surface area contributed by atoms with Crippen LogP contribution in [0, 0.1) is 5.92 Å². The van der Waals surface area contributed by atoms with Crippen LogP contribution in [0.2, 0.25) is 0 Å². The van der Waals surface area contributed by atoms with Crippen molar-refractivity contribution in [2.24, 2.45) is 5.92 Å². The van der Waals surface area contributed by atoms with Crippen molar-refractivity contribution in [3.05, 3.63) is 12.2 Å². The minimum Gasteiger partial charge on any atom is -0.274 e. The number of hydrogen-bond acceptors (Lipinski definition) is 2. The lowest BCUT2D eigenvalue weighted by Crippen LogP contribution is -2.43. The zero-order chi connectivity index (χ0) is 8.97. The first kappa shape index (κ1) is 8.77. The highest BCUT2D eigenvalue weighted by molar-refractivity contribution is 5.82. The Morgan fingerprint density at radius 3 is 2.33 bits per heavy atom. The van der Waals surface area contributed by atoms with Crippen LogP contribution in [-0.2, 0) is 9.59 Å². The van der Waals surface area contributed by atoms with E-state index in [9.17, 15) is 9.59 Å². The summed E-state index contributed by atoms with van der Waals surface area (Å²) >= 11 is 0. The van der Waals surface area contributed by atoms with Gasteiger partial charge in [0.25, 0.3) is 0 Å². The minimum absolute atomic E-state index is 0.00292. The van der Waals surface area contributed by atoms with E-state index in [2.05, 4.69) is 10.9 Å².